The highest BCUT2D eigenvalue weighted by Gasteiger charge is 2.34. The summed E-state index contributed by atoms with van der Waals surface area (Å²) in [6, 6.07) is 1.86. The highest BCUT2D eigenvalue weighted by Crippen LogP contribution is 2.30. The summed E-state index contributed by atoms with van der Waals surface area (Å²) in [6.45, 7) is 6.62. The number of amides is 1. The fraction of sp³-hybridized carbons (Fsp3) is 0.750. The van der Waals surface area contributed by atoms with Gasteiger partial charge in [-0.1, -0.05) is 33.6 Å². The Labute approximate surface area is 126 Å². The zero-order valence-electron chi connectivity index (χ0n) is 13.8. The van der Waals surface area contributed by atoms with Crippen LogP contribution in [0.3, 0.4) is 0 Å². The molecule has 1 amide bonds. The highest BCUT2D eigenvalue weighted by molar-refractivity contribution is 5.92. The van der Waals surface area contributed by atoms with Crippen molar-refractivity contribution < 1.29 is 9.90 Å². The number of carbonyl (C=O) groups is 1. The number of aliphatic hydroxyl groups is 1. The average Bonchev–Trinajstić information content (AvgIpc) is 2.94. The first-order valence-electron chi connectivity index (χ1n) is 7.65. The predicted octanol–water partition coefficient (Wildman–Crippen LogP) is 2.09. The maximum atomic E-state index is 12.6. The second-order valence-corrected chi connectivity index (χ2v) is 7.38. The van der Waals surface area contributed by atoms with Gasteiger partial charge in [-0.05, 0) is 18.9 Å². The molecule has 1 fully saturated rings. The summed E-state index contributed by atoms with van der Waals surface area (Å²) in [5, 5.41) is 14.9. The summed E-state index contributed by atoms with van der Waals surface area (Å²) in [7, 11) is 3.54. The van der Waals surface area contributed by atoms with Crippen LogP contribution < -0.4 is 0 Å². The molecule has 0 unspecified atom stereocenters. The summed E-state index contributed by atoms with van der Waals surface area (Å²) in [4.78, 5) is 14.2. The van der Waals surface area contributed by atoms with Crippen LogP contribution in [0.1, 0.15) is 62.6 Å². The van der Waals surface area contributed by atoms with E-state index in [9.17, 15) is 9.90 Å². The van der Waals surface area contributed by atoms with E-state index >= 15 is 0 Å². The van der Waals surface area contributed by atoms with E-state index in [0.29, 0.717) is 12.2 Å². The first-order valence-corrected chi connectivity index (χ1v) is 7.65. The number of rotatable bonds is 3. The van der Waals surface area contributed by atoms with Crippen LogP contribution in [-0.2, 0) is 12.5 Å². The average molecular weight is 293 g/mol. The highest BCUT2D eigenvalue weighted by atomic mass is 16.3. The smallest absolute Gasteiger partial charge is 0.271 e. The molecule has 5 heteroatoms. The van der Waals surface area contributed by atoms with Crippen molar-refractivity contribution >= 4 is 5.91 Å². The van der Waals surface area contributed by atoms with Gasteiger partial charge in [-0.3, -0.25) is 9.48 Å². The van der Waals surface area contributed by atoms with Crippen molar-refractivity contribution in [3.05, 3.63) is 17.5 Å². The Bertz CT molecular complexity index is 522. The number of hydrogen-bond donors (Lipinski definition) is 1. The molecule has 1 aliphatic rings. The molecule has 1 aromatic rings. The monoisotopic (exact) mass is 293 g/mol. The Morgan fingerprint density at radius 3 is 2.48 bits per heavy atom. The van der Waals surface area contributed by atoms with Gasteiger partial charge in [0.15, 0.2) is 0 Å². The number of aryl methyl sites for hydroxylation is 1. The third kappa shape index (κ3) is 3.46. The molecule has 2 rings (SSSR count). The maximum Gasteiger partial charge on any atom is 0.271 e. The molecular formula is C16H27N3O2. The van der Waals surface area contributed by atoms with E-state index in [4.69, 9.17) is 0 Å². The van der Waals surface area contributed by atoms with Gasteiger partial charge in [-0.15, -0.1) is 0 Å². The van der Waals surface area contributed by atoms with Gasteiger partial charge in [0, 0.05) is 26.1 Å². The van der Waals surface area contributed by atoms with Crippen molar-refractivity contribution in [2.45, 2.75) is 57.5 Å². The molecule has 21 heavy (non-hydrogen) atoms. The molecule has 1 N–H and O–H groups in total. The van der Waals surface area contributed by atoms with Crippen molar-refractivity contribution in [2.75, 3.05) is 13.6 Å². The second kappa shape index (κ2) is 5.44. The fourth-order valence-electron chi connectivity index (χ4n) is 2.93. The predicted molar refractivity (Wildman–Crippen MR) is 82.3 cm³/mol. The van der Waals surface area contributed by atoms with Crippen molar-refractivity contribution in [3.8, 4) is 0 Å². The van der Waals surface area contributed by atoms with E-state index in [-0.39, 0.29) is 11.3 Å². The number of nitrogens with zero attached hydrogens (tertiary/aromatic N) is 3. The summed E-state index contributed by atoms with van der Waals surface area (Å²) in [5.74, 6) is -0.0826. The lowest BCUT2D eigenvalue weighted by molar-refractivity contribution is 0.0153. The van der Waals surface area contributed by atoms with Crippen LogP contribution in [0.25, 0.3) is 0 Å². The van der Waals surface area contributed by atoms with E-state index in [1.807, 2.05) is 6.07 Å². The standard InChI is InChI=1S/C16H27N3O2/c1-15(2,3)13-10-12(19(5)17-13)14(20)18(4)11-16(21)8-6-7-9-16/h10,21H,6-9,11H2,1-5H3. The van der Waals surface area contributed by atoms with Crippen LogP contribution in [-0.4, -0.2) is 44.9 Å². The minimum Gasteiger partial charge on any atom is -0.388 e. The summed E-state index contributed by atoms with van der Waals surface area (Å²) < 4.78 is 1.64. The van der Waals surface area contributed by atoms with Crippen LogP contribution in [0.15, 0.2) is 6.07 Å². The quantitative estimate of drug-likeness (QED) is 0.928. The summed E-state index contributed by atoms with van der Waals surface area (Å²) in [5.41, 5.74) is 0.680. The maximum absolute atomic E-state index is 12.6. The van der Waals surface area contributed by atoms with Crippen LogP contribution >= 0.6 is 0 Å². The Kier molecular flexibility index (Phi) is 4.15. The van der Waals surface area contributed by atoms with E-state index in [1.54, 1.807) is 23.7 Å². The summed E-state index contributed by atoms with van der Waals surface area (Å²) >= 11 is 0. The molecule has 0 bridgehead atoms. The van der Waals surface area contributed by atoms with Crippen molar-refractivity contribution in [2.24, 2.45) is 7.05 Å². The molecule has 1 heterocycles. The Morgan fingerprint density at radius 1 is 1.43 bits per heavy atom. The number of hydrogen-bond acceptors (Lipinski definition) is 3. The Morgan fingerprint density at radius 2 is 2.00 bits per heavy atom. The molecule has 0 radical (unpaired) electrons. The van der Waals surface area contributed by atoms with E-state index < -0.39 is 5.60 Å². The molecule has 0 atom stereocenters. The van der Waals surface area contributed by atoms with Crippen LogP contribution in [0, 0.1) is 0 Å². The molecule has 0 spiro atoms. The molecule has 1 aliphatic carbocycles. The second-order valence-electron chi connectivity index (χ2n) is 7.38. The van der Waals surface area contributed by atoms with Gasteiger partial charge in [0.25, 0.3) is 5.91 Å². The van der Waals surface area contributed by atoms with Gasteiger partial charge < -0.3 is 10.0 Å². The molecule has 0 aliphatic heterocycles. The van der Waals surface area contributed by atoms with E-state index in [2.05, 4.69) is 25.9 Å². The van der Waals surface area contributed by atoms with Gasteiger partial charge in [-0.2, -0.15) is 5.10 Å². The van der Waals surface area contributed by atoms with Gasteiger partial charge in [-0.25, -0.2) is 0 Å². The topological polar surface area (TPSA) is 58.4 Å². The lowest BCUT2D eigenvalue weighted by Gasteiger charge is -2.28. The molecule has 118 valence electrons. The number of carbonyl (C=O) groups excluding carboxylic acids is 1. The lowest BCUT2D eigenvalue weighted by Crippen LogP contribution is -2.42. The van der Waals surface area contributed by atoms with Crippen molar-refractivity contribution in [1.82, 2.24) is 14.7 Å². The first kappa shape index (κ1) is 16.0. The molecule has 1 aromatic heterocycles. The van der Waals surface area contributed by atoms with Gasteiger partial charge in [0.05, 0.1) is 11.3 Å². The number of likely N-dealkylation sites (N-methyl/N-ethyl adjacent to an activating group) is 1. The first-order chi connectivity index (χ1) is 9.62. The minimum atomic E-state index is -0.712. The van der Waals surface area contributed by atoms with Gasteiger partial charge in [0.2, 0.25) is 0 Å². The lowest BCUT2D eigenvalue weighted by atomic mass is 9.92. The third-order valence-corrected chi connectivity index (χ3v) is 4.28. The molecule has 1 saturated carbocycles. The molecule has 0 saturated heterocycles. The summed E-state index contributed by atoms with van der Waals surface area (Å²) in [6.07, 6.45) is 3.64. The van der Waals surface area contributed by atoms with Gasteiger partial charge >= 0.3 is 0 Å². The van der Waals surface area contributed by atoms with Crippen LogP contribution in [0.2, 0.25) is 0 Å². The molecule has 0 aromatic carbocycles. The van der Waals surface area contributed by atoms with Crippen molar-refractivity contribution in [3.63, 3.8) is 0 Å². The van der Waals surface area contributed by atoms with E-state index in [0.717, 1.165) is 31.4 Å². The normalized spacial score (nSPS) is 18.0. The van der Waals surface area contributed by atoms with Gasteiger partial charge in [0.1, 0.15) is 5.69 Å². The third-order valence-electron chi connectivity index (χ3n) is 4.28. The SMILES string of the molecule is CN(CC1(O)CCCC1)C(=O)c1cc(C(C)(C)C)nn1C. The Hall–Kier alpha value is -1.36. The zero-order chi connectivity index (χ0) is 15.8. The minimum absolute atomic E-state index is 0.0826. The molecular weight excluding hydrogens is 266 g/mol. The van der Waals surface area contributed by atoms with Crippen LogP contribution in [0.5, 0.6) is 0 Å². The molecule has 5 nitrogen and oxygen atoms in total. The van der Waals surface area contributed by atoms with Crippen LogP contribution in [0.4, 0.5) is 0 Å². The fourth-order valence-corrected chi connectivity index (χ4v) is 2.93. The largest absolute Gasteiger partial charge is 0.388 e. The Balaban J connectivity index is 2.14. The zero-order valence-corrected chi connectivity index (χ0v) is 13.8. The number of aromatic nitrogens is 2. The van der Waals surface area contributed by atoms with Crippen molar-refractivity contribution in [1.29, 1.82) is 0 Å². The van der Waals surface area contributed by atoms with E-state index in [1.165, 1.54) is 0 Å².